The number of Topliss-reactive ketones (excluding diaryl/α,β-unsaturated/α-hetero) is 1. The van der Waals surface area contributed by atoms with Crippen molar-refractivity contribution >= 4 is 17.5 Å². The SMILES string of the molecule is C[C@@H](CC(=O)c1cc(=O)[nH]c(-c2ncccn2)n1)c1ccc(SC(F)(F)F)c(F)c1. The van der Waals surface area contributed by atoms with Crippen molar-refractivity contribution in [2.45, 2.75) is 29.7 Å². The highest BCUT2D eigenvalue weighted by molar-refractivity contribution is 8.00. The van der Waals surface area contributed by atoms with Crippen LogP contribution in [-0.2, 0) is 0 Å². The molecule has 0 aliphatic heterocycles. The highest BCUT2D eigenvalue weighted by Crippen LogP contribution is 2.38. The summed E-state index contributed by atoms with van der Waals surface area (Å²) < 4.78 is 51.3. The highest BCUT2D eigenvalue weighted by Gasteiger charge is 2.31. The molecule has 0 aliphatic carbocycles. The van der Waals surface area contributed by atoms with Crippen LogP contribution in [0.5, 0.6) is 0 Å². The molecule has 0 saturated carbocycles. The van der Waals surface area contributed by atoms with Gasteiger partial charge in [0.15, 0.2) is 17.4 Å². The molecule has 3 rings (SSSR count). The molecule has 0 aliphatic rings. The van der Waals surface area contributed by atoms with Crippen LogP contribution in [0.3, 0.4) is 0 Å². The van der Waals surface area contributed by atoms with Crippen LogP contribution in [-0.4, -0.2) is 31.2 Å². The van der Waals surface area contributed by atoms with Gasteiger partial charge in [0.2, 0.25) is 0 Å². The largest absolute Gasteiger partial charge is 0.446 e. The lowest BCUT2D eigenvalue weighted by molar-refractivity contribution is -0.0329. The van der Waals surface area contributed by atoms with E-state index in [0.29, 0.717) is 5.56 Å². The first kappa shape index (κ1) is 21.6. The van der Waals surface area contributed by atoms with E-state index in [1.807, 2.05) is 0 Å². The maximum atomic E-state index is 14.0. The molecule has 0 fully saturated rings. The van der Waals surface area contributed by atoms with E-state index in [1.54, 1.807) is 13.0 Å². The molecule has 0 saturated heterocycles. The molecule has 0 spiro atoms. The lowest BCUT2D eigenvalue weighted by Crippen LogP contribution is -2.16. The number of nitrogens with zero attached hydrogens (tertiary/aromatic N) is 3. The maximum absolute atomic E-state index is 14.0. The first-order valence-corrected chi connectivity index (χ1v) is 9.41. The van der Waals surface area contributed by atoms with Gasteiger partial charge in [-0.3, -0.25) is 9.59 Å². The summed E-state index contributed by atoms with van der Waals surface area (Å²) in [7, 11) is 0. The van der Waals surface area contributed by atoms with Gasteiger partial charge in [0.1, 0.15) is 11.5 Å². The van der Waals surface area contributed by atoms with E-state index in [1.165, 1.54) is 18.5 Å². The Hall–Kier alpha value is -3.08. The van der Waals surface area contributed by atoms with Gasteiger partial charge >= 0.3 is 5.51 Å². The van der Waals surface area contributed by atoms with Gasteiger partial charge in [-0.25, -0.2) is 19.3 Å². The van der Waals surface area contributed by atoms with Crippen LogP contribution < -0.4 is 5.56 Å². The normalized spacial score (nSPS) is 12.6. The van der Waals surface area contributed by atoms with Crippen molar-refractivity contribution in [3.63, 3.8) is 0 Å². The smallest absolute Gasteiger partial charge is 0.304 e. The molecule has 0 unspecified atom stereocenters. The molecule has 30 heavy (non-hydrogen) atoms. The molecule has 3 aromatic rings. The Balaban J connectivity index is 1.78. The second kappa shape index (κ2) is 8.74. The van der Waals surface area contributed by atoms with Crippen molar-refractivity contribution in [1.82, 2.24) is 19.9 Å². The van der Waals surface area contributed by atoms with E-state index >= 15 is 0 Å². The average Bonchev–Trinajstić information content (AvgIpc) is 2.68. The van der Waals surface area contributed by atoms with E-state index in [4.69, 9.17) is 0 Å². The molecular weight excluding hydrogens is 424 g/mol. The molecule has 1 N–H and O–H groups in total. The lowest BCUT2D eigenvalue weighted by Gasteiger charge is -2.13. The molecule has 0 bridgehead atoms. The monoisotopic (exact) mass is 438 g/mol. The minimum Gasteiger partial charge on any atom is -0.304 e. The van der Waals surface area contributed by atoms with E-state index < -0.39 is 45.2 Å². The second-order valence-electron chi connectivity index (χ2n) is 6.32. The van der Waals surface area contributed by atoms with Crippen LogP contribution in [0.4, 0.5) is 17.6 Å². The number of carbonyl (C=O) groups excluding carboxylic acids is 1. The summed E-state index contributed by atoms with van der Waals surface area (Å²) in [6.07, 6.45) is 2.78. The van der Waals surface area contributed by atoms with Crippen LogP contribution >= 0.6 is 11.8 Å². The maximum Gasteiger partial charge on any atom is 0.446 e. The molecule has 156 valence electrons. The zero-order chi connectivity index (χ0) is 21.9. The number of halogens is 4. The predicted molar refractivity (Wildman–Crippen MR) is 102 cm³/mol. The van der Waals surface area contributed by atoms with Crippen molar-refractivity contribution in [2.75, 3.05) is 0 Å². The Morgan fingerprint density at radius 2 is 1.90 bits per heavy atom. The Labute approximate surface area is 171 Å². The zero-order valence-corrected chi connectivity index (χ0v) is 16.2. The number of hydrogen-bond donors (Lipinski definition) is 1. The zero-order valence-electron chi connectivity index (χ0n) is 15.4. The fraction of sp³-hybridized carbons (Fsp3) is 0.211. The van der Waals surface area contributed by atoms with Gasteiger partial charge in [-0.2, -0.15) is 13.2 Å². The van der Waals surface area contributed by atoms with Crippen LogP contribution in [0.15, 0.2) is 52.4 Å². The minimum atomic E-state index is -4.60. The van der Waals surface area contributed by atoms with Gasteiger partial charge in [-0.05, 0) is 41.4 Å². The first-order valence-electron chi connectivity index (χ1n) is 8.59. The third-order valence-electron chi connectivity index (χ3n) is 4.05. The van der Waals surface area contributed by atoms with Gasteiger partial charge in [0.25, 0.3) is 5.56 Å². The topological polar surface area (TPSA) is 88.6 Å². The Bertz CT molecular complexity index is 1120. The van der Waals surface area contributed by atoms with Gasteiger partial charge in [-0.15, -0.1) is 0 Å². The quantitative estimate of drug-likeness (QED) is 0.350. The molecule has 1 atom stereocenters. The van der Waals surface area contributed by atoms with Gasteiger partial charge in [0.05, 0.1) is 4.90 Å². The number of H-pyrrole nitrogens is 1. The summed E-state index contributed by atoms with van der Waals surface area (Å²) in [4.78, 5) is 38.4. The molecule has 6 nitrogen and oxygen atoms in total. The minimum absolute atomic E-state index is 0.0266. The summed E-state index contributed by atoms with van der Waals surface area (Å²) in [6, 6.07) is 5.95. The third-order valence-corrected chi connectivity index (χ3v) is 4.83. The first-order chi connectivity index (χ1) is 14.1. The van der Waals surface area contributed by atoms with E-state index in [9.17, 15) is 27.2 Å². The summed E-state index contributed by atoms with van der Waals surface area (Å²) in [5, 5.41) is 0. The Morgan fingerprint density at radius 3 is 2.53 bits per heavy atom. The fourth-order valence-corrected chi connectivity index (χ4v) is 3.20. The van der Waals surface area contributed by atoms with Gasteiger partial charge in [-0.1, -0.05) is 13.0 Å². The number of rotatable bonds is 6. The average molecular weight is 438 g/mol. The van der Waals surface area contributed by atoms with Crippen LogP contribution in [0, 0.1) is 5.82 Å². The number of aromatic nitrogens is 4. The summed E-state index contributed by atoms with van der Waals surface area (Å²) in [5.41, 5.74) is -4.93. The summed E-state index contributed by atoms with van der Waals surface area (Å²) in [6.45, 7) is 1.62. The molecular formula is C19H14F4N4O2S. The predicted octanol–water partition coefficient (Wildman–Crippen LogP) is 4.35. The standard InChI is InChI=1S/C19H14F4N4O2S/c1-10(11-3-4-15(12(20)8-11)30-19(21,22)23)7-14(28)13-9-16(29)27-18(26-13)17-24-5-2-6-25-17/h2-6,8-10H,7H2,1H3,(H,26,27,29)/t10-/m0/s1. The van der Waals surface area contributed by atoms with Crippen LogP contribution in [0.1, 0.15) is 35.3 Å². The van der Waals surface area contributed by atoms with Crippen molar-refractivity contribution in [3.8, 4) is 11.6 Å². The summed E-state index contributed by atoms with van der Waals surface area (Å²) in [5.74, 6) is -1.86. The van der Waals surface area contributed by atoms with Crippen molar-refractivity contribution in [3.05, 3.63) is 70.2 Å². The third kappa shape index (κ3) is 5.50. The van der Waals surface area contributed by atoms with Crippen LogP contribution in [0.2, 0.25) is 0 Å². The number of thioether (sulfide) groups is 1. The number of hydrogen-bond acceptors (Lipinski definition) is 6. The van der Waals surface area contributed by atoms with E-state index in [0.717, 1.165) is 18.2 Å². The number of alkyl halides is 3. The van der Waals surface area contributed by atoms with Gasteiger partial charge in [0, 0.05) is 24.9 Å². The fourth-order valence-electron chi connectivity index (χ4n) is 2.66. The summed E-state index contributed by atoms with van der Waals surface area (Å²) >= 11 is -0.542. The van der Waals surface area contributed by atoms with E-state index in [2.05, 4.69) is 19.9 Å². The molecule has 2 heterocycles. The molecule has 2 aromatic heterocycles. The Kier molecular flexibility index (Phi) is 6.30. The van der Waals surface area contributed by atoms with E-state index in [-0.39, 0.29) is 23.8 Å². The van der Waals surface area contributed by atoms with Crippen molar-refractivity contribution in [2.24, 2.45) is 0 Å². The molecule has 11 heteroatoms. The molecule has 1 aromatic carbocycles. The number of aromatic amines is 1. The second-order valence-corrected chi connectivity index (χ2v) is 7.42. The van der Waals surface area contributed by atoms with Gasteiger partial charge < -0.3 is 4.98 Å². The molecule has 0 amide bonds. The van der Waals surface area contributed by atoms with Crippen molar-refractivity contribution < 1.29 is 22.4 Å². The van der Waals surface area contributed by atoms with Crippen molar-refractivity contribution in [1.29, 1.82) is 0 Å². The number of nitrogens with one attached hydrogen (secondary N) is 1. The number of ketones is 1. The molecule has 0 radical (unpaired) electrons. The lowest BCUT2D eigenvalue weighted by atomic mass is 9.94. The highest BCUT2D eigenvalue weighted by atomic mass is 32.2. The number of carbonyl (C=O) groups is 1. The Morgan fingerprint density at radius 1 is 1.20 bits per heavy atom. The number of benzene rings is 1. The van der Waals surface area contributed by atoms with Crippen LogP contribution in [0.25, 0.3) is 11.6 Å².